The first-order valence-electron chi connectivity index (χ1n) is 10.9. The first kappa shape index (κ1) is 24.5. The minimum atomic E-state index is -0.331. The van der Waals surface area contributed by atoms with Crippen LogP contribution in [0.15, 0.2) is 87.8 Å². The number of hydrogen-bond acceptors (Lipinski definition) is 6. The van der Waals surface area contributed by atoms with Crippen molar-refractivity contribution in [2.45, 2.75) is 19.0 Å². The zero-order chi connectivity index (χ0) is 24.8. The van der Waals surface area contributed by atoms with E-state index < -0.39 is 0 Å². The number of carbonyl (C=O) groups is 1. The number of hydrazone groups is 1. The molecule has 0 radical (unpaired) electrons. The smallest absolute Gasteiger partial charge is 0.266 e. The Bertz CT molecular complexity index is 1450. The first-order chi connectivity index (χ1) is 17.0. The maximum atomic E-state index is 13.4. The summed E-state index contributed by atoms with van der Waals surface area (Å²) in [6, 6.07) is 21.6. The maximum absolute atomic E-state index is 13.4. The molecule has 35 heavy (non-hydrogen) atoms. The van der Waals surface area contributed by atoms with Gasteiger partial charge in [-0.05, 0) is 56.3 Å². The van der Waals surface area contributed by atoms with E-state index in [9.17, 15) is 9.59 Å². The number of para-hydroxylation sites is 1. The van der Waals surface area contributed by atoms with Crippen LogP contribution in [0.1, 0.15) is 19.4 Å². The number of thioether (sulfide) groups is 1. The molecule has 1 aromatic heterocycles. The molecule has 0 unspecified atom stereocenters. The van der Waals surface area contributed by atoms with Gasteiger partial charge in [0.2, 0.25) is 0 Å². The van der Waals surface area contributed by atoms with Gasteiger partial charge in [0.25, 0.3) is 11.5 Å². The second-order valence-electron chi connectivity index (χ2n) is 7.48. The molecule has 3 aromatic carbocycles. The topological polar surface area (TPSA) is 85.6 Å². The summed E-state index contributed by atoms with van der Waals surface area (Å²) in [6.45, 7) is 4.22. The Morgan fingerprint density at radius 1 is 1.09 bits per heavy atom. The number of benzene rings is 3. The summed E-state index contributed by atoms with van der Waals surface area (Å²) in [7, 11) is 0. The van der Waals surface area contributed by atoms with E-state index in [0.29, 0.717) is 44.8 Å². The molecule has 1 heterocycles. The van der Waals surface area contributed by atoms with Crippen LogP contribution in [-0.2, 0) is 4.79 Å². The number of hydrogen-bond donors (Lipinski definition) is 1. The van der Waals surface area contributed by atoms with Crippen molar-refractivity contribution in [3.8, 4) is 11.4 Å². The standard InChI is InChI=1S/C26H23ClN4O3S/c1-3-34-19-14-12-18(13-15-19)31-25(33)21-9-5-7-11-23(21)28-26(31)35-16-24(32)30-29-17(2)20-8-4-6-10-22(20)27/h4-15H,3,16H2,1-2H3,(H,30,32). The molecule has 4 rings (SSSR count). The van der Waals surface area contributed by atoms with Crippen LogP contribution in [0.2, 0.25) is 5.02 Å². The summed E-state index contributed by atoms with van der Waals surface area (Å²) in [5.41, 5.74) is 4.86. The van der Waals surface area contributed by atoms with Crippen molar-refractivity contribution in [3.63, 3.8) is 0 Å². The van der Waals surface area contributed by atoms with Crippen molar-refractivity contribution in [1.82, 2.24) is 15.0 Å². The summed E-state index contributed by atoms with van der Waals surface area (Å²) < 4.78 is 7.02. The summed E-state index contributed by atoms with van der Waals surface area (Å²) in [5, 5.41) is 5.61. The lowest BCUT2D eigenvalue weighted by atomic mass is 10.1. The molecule has 9 heteroatoms. The van der Waals surface area contributed by atoms with Crippen molar-refractivity contribution >= 4 is 45.9 Å². The molecular formula is C26H23ClN4O3S. The van der Waals surface area contributed by atoms with Gasteiger partial charge < -0.3 is 4.74 Å². The van der Waals surface area contributed by atoms with Crippen LogP contribution < -0.4 is 15.7 Å². The Labute approximate surface area is 211 Å². The molecule has 0 aliphatic heterocycles. The van der Waals surface area contributed by atoms with Crippen LogP contribution in [0.5, 0.6) is 5.75 Å². The third-order valence-corrected chi connectivity index (χ3v) is 6.36. The molecular weight excluding hydrogens is 484 g/mol. The molecule has 0 atom stereocenters. The molecule has 0 spiro atoms. The van der Waals surface area contributed by atoms with Gasteiger partial charge in [0, 0.05) is 10.6 Å². The number of carbonyl (C=O) groups excluding carboxylic acids is 1. The average Bonchev–Trinajstić information content (AvgIpc) is 2.87. The van der Waals surface area contributed by atoms with Crippen LogP contribution in [0, 0.1) is 0 Å². The number of nitrogens with zero attached hydrogens (tertiary/aromatic N) is 3. The second kappa shape index (κ2) is 11.2. The van der Waals surface area contributed by atoms with E-state index >= 15 is 0 Å². The third kappa shape index (κ3) is 5.72. The average molecular weight is 507 g/mol. The number of ether oxygens (including phenoxy) is 1. The number of aromatic nitrogens is 2. The van der Waals surface area contributed by atoms with E-state index in [-0.39, 0.29) is 17.2 Å². The van der Waals surface area contributed by atoms with E-state index in [1.165, 1.54) is 4.57 Å². The van der Waals surface area contributed by atoms with Crippen LogP contribution in [0.4, 0.5) is 0 Å². The summed E-state index contributed by atoms with van der Waals surface area (Å²) in [5.74, 6) is 0.390. The molecule has 1 amide bonds. The SMILES string of the molecule is CCOc1ccc(-n2c(SCC(=O)NN=C(C)c3ccccc3Cl)nc3ccccc3c2=O)cc1. The highest BCUT2D eigenvalue weighted by Gasteiger charge is 2.15. The van der Waals surface area contributed by atoms with Gasteiger partial charge in [-0.1, -0.05) is 53.7 Å². The van der Waals surface area contributed by atoms with Gasteiger partial charge in [-0.25, -0.2) is 10.4 Å². The van der Waals surface area contributed by atoms with Gasteiger partial charge in [0.1, 0.15) is 5.75 Å². The predicted molar refractivity (Wildman–Crippen MR) is 141 cm³/mol. The fourth-order valence-electron chi connectivity index (χ4n) is 3.42. The normalized spacial score (nSPS) is 11.5. The molecule has 178 valence electrons. The van der Waals surface area contributed by atoms with E-state index in [1.54, 1.807) is 55.5 Å². The van der Waals surface area contributed by atoms with Gasteiger partial charge >= 0.3 is 0 Å². The van der Waals surface area contributed by atoms with Crippen molar-refractivity contribution < 1.29 is 9.53 Å². The molecule has 0 saturated carbocycles. The zero-order valence-corrected chi connectivity index (χ0v) is 20.8. The lowest BCUT2D eigenvalue weighted by Gasteiger charge is -2.13. The number of nitrogens with one attached hydrogen (secondary N) is 1. The van der Waals surface area contributed by atoms with Crippen LogP contribution in [-0.4, -0.2) is 33.5 Å². The van der Waals surface area contributed by atoms with Crippen LogP contribution in [0.3, 0.4) is 0 Å². The van der Waals surface area contributed by atoms with E-state index in [2.05, 4.69) is 15.5 Å². The monoisotopic (exact) mass is 506 g/mol. The molecule has 0 aliphatic carbocycles. The minimum Gasteiger partial charge on any atom is -0.494 e. The van der Waals surface area contributed by atoms with Gasteiger partial charge in [-0.3, -0.25) is 14.2 Å². The molecule has 7 nitrogen and oxygen atoms in total. The minimum absolute atomic E-state index is 0.0150. The maximum Gasteiger partial charge on any atom is 0.266 e. The Hall–Kier alpha value is -3.62. The van der Waals surface area contributed by atoms with Crippen molar-refractivity contribution in [2.75, 3.05) is 12.4 Å². The molecule has 4 aromatic rings. The highest BCUT2D eigenvalue weighted by molar-refractivity contribution is 7.99. The first-order valence-corrected chi connectivity index (χ1v) is 12.3. The van der Waals surface area contributed by atoms with Crippen molar-refractivity contribution in [3.05, 3.63) is 93.7 Å². The Kier molecular flexibility index (Phi) is 7.84. The molecule has 1 N–H and O–H groups in total. The molecule has 0 aliphatic rings. The summed E-state index contributed by atoms with van der Waals surface area (Å²) >= 11 is 7.35. The lowest BCUT2D eigenvalue weighted by Crippen LogP contribution is -2.24. The van der Waals surface area contributed by atoms with Gasteiger partial charge in [0.15, 0.2) is 5.16 Å². The van der Waals surface area contributed by atoms with Crippen molar-refractivity contribution in [1.29, 1.82) is 0 Å². The van der Waals surface area contributed by atoms with Crippen molar-refractivity contribution in [2.24, 2.45) is 5.10 Å². The molecule has 0 saturated heterocycles. The fraction of sp³-hybridized carbons (Fsp3) is 0.154. The largest absolute Gasteiger partial charge is 0.494 e. The fourth-order valence-corrected chi connectivity index (χ4v) is 4.50. The number of halogens is 1. The molecule has 0 fully saturated rings. The van der Waals surface area contributed by atoms with E-state index in [1.807, 2.05) is 31.2 Å². The Balaban J connectivity index is 1.59. The highest BCUT2D eigenvalue weighted by atomic mass is 35.5. The van der Waals surface area contributed by atoms with Crippen LogP contribution in [0.25, 0.3) is 16.6 Å². The van der Waals surface area contributed by atoms with Gasteiger partial charge in [-0.15, -0.1) is 0 Å². The van der Waals surface area contributed by atoms with E-state index in [0.717, 1.165) is 17.3 Å². The van der Waals surface area contributed by atoms with Gasteiger partial charge in [0.05, 0.1) is 34.7 Å². The number of fused-ring (bicyclic) bond motifs is 1. The predicted octanol–water partition coefficient (Wildman–Crippen LogP) is 5.07. The van der Waals surface area contributed by atoms with Gasteiger partial charge in [-0.2, -0.15) is 5.10 Å². The molecule has 0 bridgehead atoms. The third-order valence-electron chi connectivity index (χ3n) is 5.10. The second-order valence-corrected chi connectivity index (χ2v) is 8.83. The van der Waals surface area contributed by atoms with Crippen LogP contribution >= 0.6 is 23.4 Å². The Morgan fingerprint density at radius 2 is 1.80 bits per heavy atom. The number of rotatable bonds is 8. The quantitative estimate of drug-likeness (QED) is 0.156. The lowest BCUT2D eigenvalue weighted by molar-refractivity contribution is -0.118. The van der Waals surface area contributed by atoms with E-state index in [4.69, 9.17) is 16.3 Å². The summed E-state index contributed by atoms with van der Waals surface area (Å²) in [4.78, 5) is 30.6. The highest BCUT2D eigenvalue weighted by Crippen LogP contribution is 2.23. The Morgan fingerprint density at radius 3 is 2.54 bits per heavy atom. The zero-order valence-electron chi connectivity index (χ0n) is 19.2. The number of amides is 1. The summed E-state index contributed by atoms with van der Waals surface area (Å²) in [6.07, 6.45) is 0.